The van der Waals surface area contributed by atoms with E-state index >= 15 is 0 Å². The summed E-state index contributed by atoms with van der Waals surface area (Å²) < 4.78 is 1.21. The van der Waals surface area contributed by atoms with Gasteiger partial charge in [0.25, 0.3) is 0 Å². The fraction of sp³-hybridized carbons (Fsp3) is 0.556. The van der Waals surface area contributed by atoms with Crippen molar-refractivity contribution in [3.8, 4) is 0 Å². The summed E-state index contributed by atoms with van der Waals surface area (Å²) in [6, 6.07) is 6.70. The van der Waals surface area contributed by atoms with Crippen LogP contribution in [0.2, 0.25) is 0 Å². The second-order valence-corrected chi connectivity index (χ2v) is 6.83. The topological polar surface area (TPSA) is 15.3 Å². The third kappa shape index (κ3) is 7.25. The average Bonchev–Trinajstić information content (AvgIpc) is 2.42. The molecule has 0 aliphatic rings. The van der Waals surface area contributed by atoms with E-state index in [2.05, 4.69) is 71.7 Å². The van der Waals surface area contributed by atoms with Gasteiger partial charge in [-0.05, 0) is 42.6 Å². The van der Waals surface area contributed by atoms with E-state index in [1.54, 1.807) is 0 Å². The Balaban J connectivity index is 2.62. The Bertz CT molecular complexity index is 429. The molecule has 0 radical (unpaired) electrons. The van der Waals surface area contributed by atoms with Crippen LogP contribution in [0.4, 0.5) is 0 Å². The predicted octanol–water partition coefficient (Wildman–Crippen LogP) is 4.59. The lowest BCUT2D eigenvalue weighted by Crippen LogP contribution is -2.24. The molecule has 21 heavy (non-hydrogen) atoms. The molecule has 0 saturated heterocycles. The Hall–Kier alpha value is -0.640. The number of nitrogens with zero attached hydrogens (tertiary/aromatic N) is 1. The van der Waals surface area contributed by atoms with E-state index in [0.717, 1.165) is 32.7 Å². The molecule has 2 nitrogen and oxygen atoms in total. The Kier molecular flexibility index (Phi) is 8.90. The summed E-state index contributed by atoms with van der Waals surface area (Å²) in [7, 11) is 0. The van der Waals surface area contributed by atoms with E-state index in [0.29, 0.717) is 5.92 Å². The van der Waals surface area contributed by atoms with Crippen molar-refractivity contribution in [3.05, 3.63) is 46.5 Å². The Morgan fingerprint density at radius 2 is 2.14 bits per heavy atom. The maximum absolute atomic E-state index is 3.85. The first kappa shape index (κ1) is 18.4. The van der Waals surface area contributed by atoms with Crippen LogP contribution in [0.25, 0.3) is 0 Å². The number of nitrogens with one attached hydrogen (secondary N) is 1. The molecule has 1 N–H and O–H groups in total. The van der Waals surface area contributed by atoms with Crippen LogP contribution in [-0.2, 0) is 13.1 Å². The SMILES string of the molecule is C=CCN(CCC)Cc1ccc(CNCC(C)C)cc1Br. The number of halogens is 1. The lowest BCUT2D eigenvalue weighted by Gasteiger charge is -2.21. The van der Waals surface area contributed by atoms with Gasteiger partial charge in [-0.2, -0.15) is 0 Å². The molecule has 0 aliphatic heterocycles. The van der Waals surface area contributed by atoms with Gasteiger partial charge in [0.05, 0.1) is 0 Å². The molecule has 0 aliphatic carbocycles. The van der Waals surface area contributed by atoms with Crippen LogP contribution in [0.1, 0.15) is 38.3 Å². The summed E-state index contributed by atoms with van der Waals surface area (Å²) in [6.45, 7) is 15.5. The highest BCUT2D eigenvalue weighted by Gasteiger charge is 2.07. The predicted molar refractivity (Wildman–Crippen MR) is 96.5 cm³/mol. The minimum absolute atomic E-state index is 0.689. The van der Waals surface area contributed by atoms with Gasteiger partial charge < -0.3 is 5.32 Å². The van der Waals surface area contributed by atoms with Gasteiger partial charge in [-0.3, -0.25) is 4.90 Å². The number of rotatable bonds is 10. The van der Waals surface area contributed by atoms with Crippen molar-refractivity contribution in [2.75, 3.05) is 19.6 Å². The zero-order chi connectivity index (χ0) is 15.7. The molecule has 3 heteroatoms. The number of hydrogen-bond acceptors (Lipinski definition) is 2. The van der Waals surface area contributed by atoms with E-state index in [4.69, 9.17) is 0 Å². The van der Waals surface area contributed by atoms with Gasteiger partial charge in [-0.15, -0.1) is 6.58 Å². The molecule has 0 bridgehead atoms. The van der Waals surface area contributed by atoms with Gasteiger partial charge in [0.1, 0.15) is 0 Å². The lowest BCUT2D eigenvalue weighted by molar-refractivity contribution is 0.294. The molecular weight excluding hydrogens is 324 g/mol. The second kappa shape index (κ2) is 10.1. The normalized spacial score (nSPS) is 11.3. The second-order valence-electron chi connectivity index (χ2n) is 5.97. The Morgan fingerprint density at radius 3 is 2.71 bits per heavy atom. The van der Waals surface area contributed by atoms with Crippen LogP contribution in [0.15, 0.2) is 35.3 Å². The van der Waals surface area contributed by atoms with Crippen LogP contribution < -0.4 is 5.32 Å². The molecule has 0 fully saturated rings. The fourth-order valence-corrected chi connectivity index (χ4v) is 2.86. The maximum atomic E-state index is 3.85. The largest absolute Gasteiger partial charge is 0.312 e. The van der Waals surface area contributed by atoms with Crippen molar-refractivity contribution in [2.45, 2.75) is 40.3 Å². The van der Waals surface area contributed by atoms with E-state index in [1.165, 1.54) is 22.0 Å². The standard InChI is InChI=1S/C18H29BrN2/c1-5-9-21(10-6-2)14-17-8-7-16(11-18(17)19)13-20-12-15(3)4/h5,7-8,11,15,20H,1,6,9-10,12-14H2,2-4H3. The average molecular weight is 353 g/mol. The zero-order valence-corrected chi connectivity index (χ0v) is 15.2. The van der Waals surface area contributed by atoms with Crippen molar-refractivity contribution in [3.63, 3.8) is 0 Å². The molecule has 0 amide bonds. The first-order valence-electron chi connectivity index (χ1n) is 7.88. The molecule has 0 heterocycles. The van der Waals surface area contributed by atoms with Crippen molar-refractivity contribution >= 4 is 15.9 Å². The van der Waals surface area contributed by atoms with E-state index in [1.807, 2.05) is 6.08 Å². The summed E-state index contributed by atoms with van der Waals surface area (Å²) in [5, 5.41) is 3.48. The Morgan fingerprint density at radius 1 is 1.38 bits per heavy atom. The highest BCUT2D eigenvalue weighted by Crippen LogP contribution is 2.20. The van der Waals surface area contributed by atoms with Crippen LogP contribution in [0.3, 0.4) is 0 Å². The van der Waals surface area contributed by atoms with Gasteiger partial charge in [-0.1, -0.05) is 54.9 Å². The van der Waals surface area contributed by atoms with Crippen LogP contribution in [0, 0.1) is 5.92 Å². The molecule has 1 aromatic rings. The monoisotopic (exact) mass is 352 g/mol. The molecule has 0 aromatic heterocycles. The summed E-state index contributed by atoms with van der Waals surface area (Å²) in [5.41, 5.74) is 2.68. The highest BCUT2D eigenvalue weighted by atomic mass is 79.9. The molecular formula is C18H29BrN2. The van der Waals surface area contributed by atoms with Gasteiger partial charge >= 0.3 is 0 Å². The van der Waals surface area contributed by atoms with Gasteiger partial charge in [0.2, 0.25) is 0 Å². The van der Waals surface area contributed by atoms with E-state index in [9.17, 15) is 0 Å². The quantitative estimate of drug-likeness (QED) is 0.619. The van der Waals surface area contributed by atoms with E-state index < -0.39 is 0 Å². The molecule has 1 aromatic carbocycles. The molecule has 0 spiro atoms. The van der Waals surface area contributed by atoms with Crippen molar-refractivity contribution in [1.82, 2.24) is 10.2 Å². The molecule has 0 unspecified atom stereocenters. The first-order chi connectivity index (χ1) is 10.1. The third-order valence-corrected chi connectivity index (χ3v) is 4.06. The fourth-order valence-electron chi connectivity index (χ4n) is 2.31. The smallest absolute Gasteiger partial charge is 0.0248 e. The highest BCUT2D eigenvalue weighted by molar-refractivity contribution is 9.10. The molecule has 118 valence electrons. The van der Waals surface area contributed by atoms with Crippen molar-refractivity contribution in [2.24, 2.45) is 5.92 Å². The lowest BCUT2D eigenvalue weighted by atomic mass is 10.1. The van der Waals surface area contributed by atoms with Crippen LogP contribution in [-0.4, -0.2) is 24.5 Å². The summed E-state index contributed by atoms with van der Waals surface area (Å²) in [4.78, 5) is 2.42. The Labute approximate surface area is 138 Å². The molecule has 0 atom stereocenters. The van der Waals surface area contributed by atoms with Crippen molar-refractivity contribution < 1.29 is 0 Å². The zero-order valence-electron chi connectivity index (χ0n) is 13.7. The molecule has 0 saturated carbocycles. The van der Waals surface area contributed by atoms with Gasteiger partial charge in [-0.25, -0.2) is 0 Å². The first-order valence-corrected chi connectivity index (χ1v) is 8.67. The van der Waals surface area contributed by atoms with Gasteiger partial charge in [0, 0.05) is 24.1 Å². The third-order valence-electron chi connectivity index (χ3n) is 3.32. The van der Waals surface area contributed by atoms with Gasteiger partial charge in [0.15, 0.2) is 0 Å². The molecule has 1 rings (SSSR count). The van der Waals surface area contributed by atoms with Crippen LogP contribution >= 0.6 is 15.9 Å². The summed E-state index contributed by atoms with van der Waals surface area (Å²) in [6.07, 6.45) is 3.15. The minimum atomic E-state index is 0.689. The summed E-state index contributed by atoms with van der Waals surface area (Å²) in [5.74, 6) is 0.689. The minimum Gasteiger partial charge on any atom is -0.312 e. The number of hydrogen-bond donors (Lipinski definition) is 1. The maximum Gasteiger partial charge on any atom is 0.0248 e. The van der Waals surface area contributed by atoms with Crippen molar-refractivity contribution in [1.29, 1.82) is 0 Å². The van der Waals surface area contributed by atoms with E-state index in [-0.39, 0.29) is 0 Å². The number of benzene rings is 1. The van der Waals surface area contributed by atoms with Crippen LogP contribution in [0.5, 0.6) is 0 Å². The summed E-state index contributed by atoms with van der Waals surface area (Å²) >= 11 is 3.72.